The van der Waals surface area contributed by atoms with Crippen LogP contribution in [0.1, 0.15) is 5.56 Å². The second-order valence-electron chi connectivity index (χ2n) is 4.71. The normalized spacial score (nSPS) is 21.6. The average molecular weight is 359 g/mol. The number of sulfone groups is 1. The number of hydrogen-bond acceptors (Lipinski definition) is 4. The molecule has 2 rings (SSSR count). The second-order valence-corrected chi connectivity index (χ2v) is 7.56. The topological polar surface area (TPSA) is 89.3 Å². The first-order valence-electron chi connectivity index (χ1n) is 6.07. The minimum absolute atomic E-state index is 0.0935. The van der Waals surface area contributed by atoms with Crippen LogP contribution in [0.3, 0.4) is 0 Å². The van der Waals surface area contributed by atoms with Gasteiger partial charge in [-0.1, -0.05) is 28.1 Å². The van der Waals surface area contributed by atoms with Crippen LogP contribution in [0.2, 0.25) is 0 Å². The third kappa shape index (κ3) is 4.16. The molecule has 0 bridgehead atoms. The minimum atomic E-state index is -3.17. The van der Waals surface area contributed by atoms with Gasteiger partial charge in [0.15, 0.2) is 9.84 Å². The van der Waals surface area contributed by atoms with Crippen LogP contribution in [0.4, 0.5) is 0 Å². The molecule has 108 valence electrons. The first-order valence-corrected chi connectivity index (χ1v) is 8.58. The van der Waals surface area contributed by atoms with Crippen molar-refractivity contribution in [2.45, 2.75) is 18.5 Å². The van der Waals surface area contributed by atoms with Crippen LogP contribution in [-0.2, 0) is 21.1 Å². The number of carbonyl (C=O) groups excluding carboxylic acids is 1. The third-order valence-electron chi connectivity index (χ3n) is 2.96. The zero-order valence-electron chi connectivity index (χ0n) is 10.6. The predicted molar refractivity (Wildman–Crippen MR) is 80.7 cm³/mol. The maximum Gasteiger partial charge on any atom is 0.237 e. The van der Waals surface area contributed by atoms with Gasteiger partial charge in [0.2, 0.25) is 5.91 Å². The Morgan fingerprint density at radius 2 is 2.05 bits per heavy atom. The fraction of sp³-hybridized carbons (Fsp3) is 0.308. The van der Waals surface area contributed by atoms with Crippen molar-refractivity contribution in [2.24, 2.45) is 5.73 Å². The van der Waals surface area contributed by atoms with Crippen LogP contribution < -0.4 is 11.1 Å². The molecule has 1 aliphatic rings. The molecule has 2 atom stereocenters. The summed E-state index contributed by atoms with van der Waals surface area (Å²) in [7, 11) is -3.17. The van der Waals surface area contributed by atoms with Crippen molar-refractivity contribution >= 4 is 31.7 Å². The fourth-order valence-electron chi connectivity index (χ4n) is 1.92. The van der Waals surface area contributed by atoms with Crippen LogP contribution in [0.15, 0.2) is 40.2 Å². The van der Waals surface area contributed by atoms with Gasteiger partial charge < -0.3 is 11.1 Å². The van der Waals surface area contributed by atoms with E-state index in [9.17, 15) is 13.2 Å². The molecule has 0 aromatic heterocycles. The number of halogens is 1. The van der Waals surface area contributed by atoms with Crippen molar-refractivity contribution in [3.63, 3.8) is 0 Å². The zero-order chi connectivity index (χ0) is 14.8. The van der Waals surface area contributed by atoms with Gasteiger partial charge in [0.1, 0.15) is 0 Å². The van der Waals surface area contributed by atoms with Crippen molar-refractivity contribution < 1.29 is 13.2 Å². The average Bonchev–Trinajstić information content (AvgIpc) is 2.71. The van der Waals surface area contributed by atoms with E-state index < -0.39 is 21.9 Å². The number of benzene rings is 1. The highest BCUT2D eigenvalue weighted by Gasteiger charge is 2.25. The van der Waals surface area contributed by atoms with Gasteiger partial charge in [0.25, 0.3) is 0 Å². The van der Waals surface area contributed by atoms with Gasteiger partial charge in [-0.3, -0.25) is 4.79 Å². The maximum atomic E-state index is 11.9. The molecule has 1 heterocycles. The van der Waals surface area contributed by atoms with Gasteiger partial charge in [0.05, 0.1) is 17.8 Å². The summed E-state index contributed by atoms with van der Waals surface area (Å²) in [6.07, 6.45) is 1.88. The van der Waals surface area contributed by atoms with E-state index in [4.69, 9.17) is 5.73 Å². The highest BCUT2D eigenvalue weighted by molar-refractivity contribution is 9.10. The Bertz CT molecular complexity index is 626. The van der Waals surface area contributed by atoms with E-state index in [-0.39, 0.29) is 11.7 Å². The number of hydrogen-bond donors (Lipinski definition) is 2. The maximum absolute atomic E-state index is 11.9. The van der Waals surface area contributed by atoms with Crippen LogP contribution in [0.5, 0.6) is 0 Å². The molecule has 0 saturated heterocycles. The summed E-state index contributed by atoms with van der Waals surface area (Å²) < 4.78 is 23.4. The molecule has 0 aliphatic carbocycles. The SMILES string of the molecule is N[C@@H](Cc1ccc(Br)cc1)C(=O)NC1C=CS(=O)(=O)C1. The molecule has 0 saturated carbocycles. The molecule has 1 unspecified atom stereocenters. The van der Waals surface area contributed by atoms with Crippen molar-refractivity contribution in [1.82, 2.24) is 5.32 Å². The lowest BCUT2D eigenvalue weighted by Crippen LogP contribution is -2.46. The largest absolute Gasteiger partial charge is 0.347 e. The van der Waals surface area contributed by atoms with Gasteiger partial charge in [-0.05, 0) is 30.2 Å². The van der Waals surface area contributed by atoms with Crippen LogP contribution >= 0.6 is 15.9 Å². The Labute approximate surface area is 126 Å². The van der Waals surface area contributed by atoms with E-state index in [0.29, 0.717) is 6.42 Å². The van der Waals surface area contributed by atoms with E-state index >= 15 is 0 Å². The van der Waals surface area contributed by atoms with E-state index in [1.807, 2.05) is 24.3 Å². The van der Waals surface area contributed by atoms with Crippen molar-refractivity contribution in [3.05, 3.63) is 45.8 Å². The highest BCUT2D eigenvalue weighted by Crippen LogP contribution is 2.12. The Morgan fingerprint density at radius 3 is 2.60 bits per heavy atom. The van der Waals surface area contributed by atoms with Crippen LogP contribution in [-0.4, -0.2) is 32.2 Å². The summed E-state index contributed by atoms with van der Waals surface area (Å²) in [6.45, 7) is 0. The summed E-state index contributed by atoms with van der Waals surface area (Å²) in [6, 6.07) is 6.35. The molecule has 1 amide bonds. The molecule has 3 N–H and O–H groups in total. The van der Waals surface area contributed by atoms with E-state index in [1.54, 1.807) is 0 Å². The van der Waals surface area contributed by atoms with Crippen LogP contribution in [0.25, 0.3) is 0 Å². The van der Waals surface area contributed by atoms with Gasteiger partial charge in [0, 0.05) is 9.88 Å². The molecule has 0 radical (unpaired) electrons. The van der Waals surface area contributed by atoms with Gasteiger partial charge >= 0.3 is 0 Å². The van der Waals surface area contributed by atoms with Crippen molar-refractivity contribution in [2.75, 3.05) is 5.75 Å². The molecule has 20 heavy (non-hydrogen) atoms. The smallest absolute Gasteiger partial charge is 0.237 e. The summed E-state index contributed by atoms with van der Waals surface area (Å²) >= 11 is 3.33. The lowest BCUT2D eigenvalue weighted by Gasteiger charge is -2.15. The second kappa shape index (κ2) is 6.07. The Hall–Kier alpha value is -1.18. The molecular formula is C13H15BrN2O3S. The molecular weight excluding hydrogens is 344 g/mol. The molecule has 0 fully saturated rings. The summed E-state index contributed by atoms with van der Waals surface area (Å²) in [5.74, 6) is -0.441. The standard InChI is InChI=1S/C13H15BrN2O3S/c14-10-3-1-9(2-4-10)7-12(15)13(17)16-11-5-6-20(18,19)8-11/h1-6,11-12H,7-8,15H2,(H,16,17)/t11?,12-/m0/s1. The molecule has 0 spiro atoms. The minimum Gasteiger partial charge on any atom is -0.347 e. The zero-order valence-corrected chi connectivity index (χ0v) is 13.0. The first kappa shape index (κ1) is 15.2. The van der Waals surface area contributed by atoms with Gasteiger partial charge in [-0.25, -0.2) is 8.42 Å². The van der Waals surface area contributed by atoms with Crippen molar-refractivity contribution in [3.8, 4) is 0 Å². The summed E-state index contributed by atoms with van der Waals surface area (Å²) in [5.41, 5.74) is 6.79. The monoisotopic (exact) mass is 358 g/mol. The molecule has 1 aromatic rings. The van der Waals surface area contributed by atoms with Crippen molar-refractivity contribution in [1.29, 1.82) is 0 Å². The lowest BCUT2D eigenvalue weighted by atomic mass is 10.1. The number of nitrogens with one attached hydrogen (secondary N) is 1. The molecule has 5 nitrogen and oxygen atoms in total. The number of carbonyl (C=O) groups is 1. The lowest BCUT2D eigenvalue weighted by molar-refractivity contribution is -0.122. The fourth-order valence-corrected chi connectivity index (χ4v) is 3.42. The molecule has 7 heteroatoms. The summed E-state index contributed by atoms with van der Waals surface area (Å²) in [4.78, 5) is 11.9. The quantitative estimate of drug-likeness (QED) is 0.830. The first-order chi connectivity index (χ1) is 9.35. The third-order valence-corrected chi connectivity index (χ3v) is 4.89. The Kier molecular flexibility index (Phi) is 4.62. The van der Waals surface area contributed by atoms with E-state index in [0.717, 1.165) is 15.4 Å². The van der Waals surface area contributed by atoms with Gasteiger partial charge in [-0.2, -0.15) is 0 Å². The number of rotatable bonds is 4. The van der Waals surface area contributed by atoms with E-state index in [2.05, 4.69) is 21.2 Å². The highest BCUT2D eigenvalue weighted by atomic mass is 79.9. The number of amides is 1. The van der Waals surface area contributed by atoms with Crippen LogP contribution in [0, 0.1) is 0 Å². The molecule has 1 aliphatic heterocycles. The Balaban J connectivity index is 1.89. The van der Waals surface area contributed by atoms with Gasteiger partial charge in [-0.15, -0.1) is 0 Å². The Morgan fingerprint density at radius 1 is 1.40 bits per heavy atom. The predicted octanol–water partition coefficient (Wildman–Crippen LogP) is 0.746. The summed E-state index contributed by atoms with van der Waals surface area (Å²) in [5, 5.41) is 3.75. The molecule has 1 aromatic carbocycles. The number of nitrogens with two attached hydrogens (primary N) is 1. The van der Waals surface area contributed by atoms with E-state index in [1.165, 1.54) is 6.08 Å².